The minimum absolute atomic E-state index is 0.213. The summed E-state index contributed by atoms with van der Waals surface area (Å²) >= 11 is 0. The molecule has 5 nitrogen and oxygen atoms in total. The summed E-state index contributed by atoms with van der Waals surface area (Å²) in [5.74, 6) is 0.602. The molecular weight excluding hydrogens is 286 g/mol. The second kappa shape index (κ2) is 7.03. The van der Waals surface area contributed by atoms with Crippen molar-refractivity contribution in [2.45, 2.75) is 24.2 Å². The minimum atomic E-state index is -3.47. The SMILES string of the molecule is CN1CCC(CCNS(=O)(=O)c2ccc(C#N)cc2)CC1. The Bertz CT molecular complexity index is 597. The second-order valence-corrected chi connectivity index (χ2v) is 7.34. The van der Waals surface area contributed by atoms with E-state index < -0.39 is 10.0 Å². The molecule has 1 N–H and O–H groups in total. The van der Waals surface area contributed by atoms with Crippen LogP contribution in [0.3, 0.4) is 0 Å². The maximum absolute atomic E-state index is 12.1. The lowest BCUT2D eigenvalue weighted by molar-refractivity contribution is 0.213. The molecule has 1 aliphatic heterocycles. The van der Waals surface area contributed by atoms with E-state index in [1.54, 1.807) is 0 Å². The fourth-order valence-electron chi connectivity index (χ4n) is 2.54. The molecule has 0 unspecified atom stereocenters. The highest BCUT2D eigenvalue weighted by molar-refractivity contribution is 7.89. The molecule has 6 heteroatoms. The van der Waals surface area contributed by atoms with Crippen LogP contribution in [0.4, 0.5) is 0 Å². The predicted octanol–water partition coefficient (Wildman–Crippen LogP) is 1.57. The van der Waals surface area contributed by atoms with Crippen LogP contribution in [-0.2, 0) is 10.0 Å². The van der Waals surface area contributed by atoms with E-state index >= 15 is 0 Å². The Kier molecular flexibility index (Phi) is 5.34. The quantitative estimate of drug-likeness (QED) is 0.896. The Hall–Kier alpha value is -1.42. The van der Waals surface area contributed by atoms with Gasteiger partial charge in [0.25, 0.3) is 0 Å². The van der Waals surface area contributed by atoms with Crippen molar-refractivity contribution in [3.63, 3.8) is 0 Å². The monoisotopic (exact) mass is 307 g/mol. The number of nitrogens with one attached hydrogen (secondary N) is 1. The first-order valence-electron chi connectivity index (χ1n) is 7.19. The summed E-state index contributed by atoms with van der Waals surface area (Å²) in [7, 11) is -1.35. The van der Waals surface area contributed by atoms with E-state index in [4.69, 9.17) is 5.26 Å². The predicted molar refractivity (Wildman–Crippen MR) is 81.2 cm³/mol. The number of hydrogen-bond acceptors (Lipinski definition) is 4. The van der Waals surface area contributed by atoms with Gasteiger partial charge in [-0.15, -0.1) is 0 Å². The maximum Gasteiger partial charge on any atom is 0.240 e. The van der Waals surface area contributed by atoms with Crippen LogP contribution in [0.15, 0.2) is 29.2 Å². The first-order valence-corrected chi connectivity index (χ1v) is 8.68. The zero-order valence-corrected chi connectivity index (χ0v) is 13.1. The number of nitriles is 1. The third-order valence-corrected chi connectivity index (χ3v) is 5.45. The van der Waals surface area contributed by atoms with Gasteiger partial charge in [-0.1, -0.05) is 0 Å². The van der Waals surface area contributed by atoms with Gasteiger partial charge in [0.15, 0.2) is 0 Å². The molecule has 0 atom stereocenters. The summed E-state index contributed by atoms with van der Waals surface area (Å²) in [6, 6.07) is 7.95. The van der Waals surface area contributed by atoms with Crippen LogP contribution in [0.1, 0.15) is 24.8 Å². The minimum Gasteiger partial charge on any atom is -0.306 e. The Morgan fingerprint density at radius 2 is 1.90 bits per heavy atom. The number of piperidine rings is 1. The molecule has 1 aromatic carbocycles. The van der Waals surface area contributed by atoms with Crippen LogP contribution in [0.2, 0.25) is 0 Å². The Balaban J connectivity index is 1.85. The average molecular weight is 307 g/mol. The van der Waals surface area contributed by atoms with E-state index in [0.717, 1.165) is 32.4 Å². The average Bonchev–Trinajstić information content (AvgIpc) is 2.49. The van der Waals surface area contributed by atoms with Crippen molar-refractivity contribution >= 4 is 10.0 Å². The number of sulfonamides is 1. The largest absolute Gasteiger partial charge is 0.306 e. The molecule has 1 heterocycles. The van der Waals surface area contributed by atoms with E-state index in [2.05, 4.69) is 16.7 Å². The van der Waals surface area contributed by atoms with Gasteiger partial charge in [-0.3, -0.25) is 0 Å². The first kappa shape index (κ1) is 16.0. The molecule has 0 bridgehead atoms. The molecule has 0 radical (unpaired) electrons. The van der Waals surface area contributed by atoms with Gasteiger partial charge in [0.05, 0.1) is 16.5 Å². The summed E-state index contributed by atoms with van der Waals surface area (Å²) in [6.07, 6.45) is 3.15. The molecule has 114 valence electrons. The zero-order chi connectivity index (χ0) is 15.3. The number of nitrogens with zero attached hydrogens (tertiary/aromatic N) is 2. The lowest BCUT2D eigenvalue weighted by Crippen LogP contribution is -2.32. The van der Waals surface area contributed by atoms with E-state index in [1.165, 1.54) is 24.3 Å². The molecule has 2 rings (SSSR count). The molecule has 0 amide bonds. The molecule has 21 heavy (non-hydrogen) atoms. The van der Waals surface area contributed by atoms with Crippen molar-refractivity contribution in [1.29, 1.82) is 5.26 Å². The summed E-state index contributed by atoms with van der Waals surface area (Å²) in [4.78, 5) is 2.52. The summed E-state index contributed by atoms with van der Waals surface area (Å²) in [6.45, 7) is 2.65. The Morgan fingerprint density at radius 3 is 2.48 bits per heavy atom. The van der Waals surface area contributed by atoms with Crippen LogP contribution in [-0.4, -0.2) is 40.0 Å². The molecule has 0 aliphatic carbocycles. The first-order chi connectivity index (χ1) is 10.0. The number of benzene rings is 1. The normalized spacial score (nSPS) is 17.5. The van der Waals surface area contributed by atoms with E-state index in [1.807, 2.05) is 6.07 Å². The van der Waals surface area contributed by atoms with E-state index in [-0.39, 0.29) is 4.90 Å². The van der Waals surface area contributed by atoms with Crippen molar-refractivity contribution in [2.75, 3.05) is 26.7 Å². The zero-order valence-electron chi connectivity index (χ0n) is 12.2. The third kappa shape index (κ3) is 4.53. The van der Waals surface area contributed by atoms with Crippen molar-refractivity contribution < 1.29 is 8.42 Å². The van der Waals surface area contributed by atoms with Gasteiger partial charge in [0.1, 0.15) is 0 Å². The molecular formula is C15H21N3O2S. The van der Waals surface area contributed by atoms with Gasteiger partial charge in [0.2, 0.25) is 10.0 Å². The van der Waals surface area contributed by atoms with Crippen LogP contribution in [0.5, 0.6) is 0 Å². The van der Waals surface area contributed by atoms with Gasteiger partial charge in [-0.25, -0.2) is 13.1 Å². The topological polar surface area (TPSA) is 73.2 Å². The molecule has 0 spiro atoms. The van der Waals surface area contributed by atoms with Crippen LogP contribution in [0.25, 0.3) is 0 Å². The smallest absolute Gasteiger partial charge is 0.240 e. The van der Waals surface area contributed by atoms with Gasteiger partial charge in [-0.2, -0.15) is 5.26 Å². The van der Waals surface area contributed by atoms with Crippen LogP contribution in [0, 0.1) is 17.2 Å². The van der Waals surface area contributed by atoms with Gasteiger partial charge < -0.3 is 4.90 Å². The number of hydrogen-bond donors (Lipinski definition) is 1. The maximum atomic E-state index is 12.1. The number of rotatable bonds is 5. The molecule has 1 aromatic rings. The highest BCUT2D eigenvalue weighted by atomic mass is 32.2. The summed E-state index contributed by atoms with van der Waals surface area (Å²) in [5.41, 5.74) is 0.459. The van der Waals surface area contributed by atoms with Gasteiger partial charge in [0, 0.05) is 6.54 Å². The molecule has 1 aliphatic rings. The fraction of sp³-hybridized carbons (Fsp3) is 0.533. The molecule has 1 saturated heterocycles. The lowest BCUT2D eigenvalue weighted by atomic mass is 9.94. The van der Waals surface area contributed by atoms with Crippen molar-refractivity contribution in [2.24, 2.45) is 5.92 Å². The van der Waals surface area contributed by atoms with Crippen molar-refractivity contribution in [3.05, 3.63) is 29.8 Å². The van der Waals surface area contributed by atoms with Gasteiger partial charge >= 0.3 is 0 Å². The molecule has 1 fully saturated rings. The summed E-state index contributed by atoms with van der Waals surface area (Å²) in [5, 5.41) is 8.72. The van der Waals surface area contributed by atoms with Crippen molar-refractivity contribution in [3.8, 4) is 6.07 Å². The van der Waals surface area contributed by atoms with Crippen LogP contribution < -0.4 is 4.72 Å². The third-order valence-electron chi connectivity index (χ3n) is 3.98. The second-order valence-electron chi connectivity index (χ2n) is 5.57. The number of likely N-dealkylation sites (tertiary alicyclic amines) is 1. The summed E-state index contributed by atoms with van der Waals surface area (Å²) < 4.78 is 26.9. The lowest BCUT2D eigenvalue weighted by Gasteiger charge is -2.28. The standard InChI is InChI=1S/C15H21N3O2S/c1-18-10-7-13(8-11-18)6-9-17-21(19,20)15-4-2-14(12-16)3-5-15/h2-5,13,17H,6-11H2,1H3. The van der Waals surface area contributed by atoms with E-state index in [9.17, 15) is 8.42 Å². The Labute approximate surface area is 126 Å². The molecule has 0 saturated carbocycles. The van der Waals surface area contributed by atoms with Crippen LogP contribution >= 0.6 is 0 Å². The highest BCUT2D eigenvalue weighted by Crippen LogP contribution is 2.19. The fourth-order valence-corrected chi connectivity index (χ4v) is 3.59. The van der Waals surface area contributed by atoms with E-state index in [0.29, 0.717) is 18.0 Å². The molecule has 0 aromatic heterocycles. The Morgan fingerprint density at radius 1 is 1.29 bits per heavy atom. The highest BCUT2D eigenvalue weighted by Gasteiger charge is 2.18. The van der Waals surface area contributed by atoms with Crippen molar-refractivity contribution in [1.82, 2.24) is 9.62 Å². The van der Waals surface area contributed by atoms with Gasteiger partial charge in [-0.05, 0) is 69.6 Å².